The van der Waals surface area contributed by atoms with E-state index in [-0.39, 0.29) is 42.7 Å². The number of carbonyl (C=O) groups is 3. The first-order chi connectivity index (χ1) is 21.4. The van der Waals surface area contributed by atoms with Gasteiger partial charge in [0.05, 0.1) is 18.1 Å². The molecule has 262 valence electrons. The van der Waals surface area contributed by atoms with E-state index in [0.717, 1.165) is 19.3 Å². The summed E-state index contributed by atoms with van der Waals surface area (Å²) in [5, 5.41) is 11.1. The van der Waals surface area contributed by atoms with Gasteiger partial charge >= 0.3 is 5.97 Å². The second-order valence-corrected chi connectivity index (χ2v) is 11.7. The third-order valence-corrected chi connectivity index (χ3v) is 8.88. The molecule has 2 N–H and O–H groups in total. The average Bonchev–Trinajstić information content (AvgIpc) is 3.74. The number of aliphatic carboxylic acids is 1. The predicted molar refractivity (Wildman–Crippen MR) is 182 cm³/mol. The summed E-state index contributed by atoms with van der Waals surface area (Å²) in [6.07, 6.45) is 6.79. The number of nitrogens with zero attached hydrogens (tertiary/aromatic N) is 1. The van der Waals surface area contributed by atoms with E-state index in [2.05, 4.69) is 38.0 Å². The number of hydrogen-bond donors (Lipinski definition) is 2. The monoisotopic (exact) mass is 640 g/mol. The Hall–Kier alpha value is -2.36. The maximum absolute atomic E-state index is 12.8. The molecule has 0 bridgehead atoms. The molecule has 1 aromatic rings. The van der Waals surface area contributed by atoms with Gasteiger partial charge in [-0.25, -0.2) is 4.39 Å². The lowest BCUT2D eigenvalue weighted by Crippen LogP contribution is -2.46. The van der Waals surface area contributed by atoms with Gasteiger partial charge in [-0.3, -0.25) is 9.59 Å². The second kappa shape index (κ2) is 24.8. The molecule has 6 atom stereocenters. The van der Waals surface area contributed by atoms with Gasteiger partial charge in [0.2, 0.25) is 5.91 Å². The maximum atomic E-state index is 12.8. The molecule has 9 heteroatoms. The molecule has 1 saturated heterocycles. The minimum absolute atomic E-state index is 0.0000694. The topological polar surface area (TPSA) is 105 Å². The van der Waals surface area contributed by atoms with Crippen LogP contribution < -0.4 is 5.32 Å². The maximum Gasteiger partial charge on any atom is 0.303 e. The number of hydrogen-bond acceptors (Lipinski definition) is 6. The fourth-order valence-electron chi connectivity index (χ4n) is 5.59. The Morgan fingerprint density at radius 1 is 1.11 bits per heavy atom. The molecule has 2 aliphatic rings. The van der Waals surface area contributed by atoms with Gasteiger partial charge in [-0.05, 0) is 61.6 Å². The van der Waals surface area contributed by atoms with E-state index in [1.807, 2.05) is 34.6 Å². The van der Waals surface area contributed by atoms with Gasteiger partial charge in [0.25, 0.3) is 0 Å². The number of likely N-dealkylation sites (tertiary alicyclic amines) is 1. The summed E-state index contributed by atoms with van der Waals surface area (Å²) in [7, 11) is 7.23. The molecule has 1 aromatic carbocycles. The molecule has 3 rings (SSSR count). The van der Waals surface area contributed by atoms with E-state index >= 15 is 0 Å². The van der Waals surface area contributed by atoms with E-state index in [0.29, 0.717) is 35.3 Å². The molecule has 1 saturated carbocycles. The molecule has 0 aromatic heterocycles. The lowest BCUT2D eigenvalue weighted by Gasteiger charge is -2.31. The van der Waals surface area contributed by atoms with Gasteiger partial charge in [0, 0.05) is 46.7 Å². The van der Waals surface area contributed by atoms with Crippen molar-refractivity contribution in [1.29, 1.82) is 0 Å². The molecule has 8 nitrogen and oxygen atoms in total. The van der Waals surface area contributed by atoms with Crippen molar-refractivity contribution in [2.45, 2.75) is 119 Å². The molecule has 6 unspecified atom stereocenters. The summed E-state index contributed by atoms with van der Waals surface area (Å²) in [6.45, 7) is 17.6. The summed E-state index contributed by atoms with van der Waals surface area (Å²) >= 11 is 0. The van der Waals surface area contributed by atoms with E-state index in [1.54, 1.807) is 39.5 Å². The van der Waals surface area contributed by atoms with Crippen molar-refractivity contribution in [3.63, 3.8) is 0 Å². The van der Waals surface area contributed by atoms with Crippen LogP contribution in [0.4, 0.5) is 4.39 Å². The zero-order valence-corrected chi connectivity index (χ0v) is 30.3. The highest BCUT2D eigenvalue weighted by Crippen LogP contribution is 2.55. The molecule has 1 heterocycles. The standard InChI is InChI=1S/C13H24N2O2.C10H20O2.C9H9FO2.2C2H6/c1-9(12(16)14-2)11(17-4)10-7-13(5-6-13)8-15(10)3;1-5-8(2)9(3)10(12-4)6-7-11;10-8-4-2-1-3-7(8)5-6-9(11)12;2*1-2/h9-11H,5-8H2,1-4H3,(H,14,16);7-10H,5-6H2,1-4H3;1-4H,5-6H2,(H,11,12);2*1-2H3. The van der Waals surface area contributed by atoms with Crippen LogP contribution >= 0.6 is 0 Å². The third-order valence-electron chi connectivity index (χ3n) is 8.88. The Labute approximate surface area is 273 Å². The molecule has 0 radical (unpaired) electrons. The minimum atomic E-state index is -0.904. The fourth-order valence-corrected chi connectivity index (χ4v) is 5.59. The Balaban J connectivity index is 0. The zero-order valence-electron chi connectivity index (χ0n) is 30.3. The highest BCUT2D eigenvalue weighted by molar-refractivity contribution is 5.78. The average molecular weight is 641 g/mol. The summed E-state index contributed by atoms with van der Waals surface area (Å²) < 4.78 is 23.7. The Kier molecular flexibility index (Phi) is 24.7. The SMILES string of the molecule is CC.CC.CCC(C)C(C)C(CC=O)OC.CNC(=O)C(C)C(OC)C1CC2(CC2)CN1C.O=C(O)CCc1ccccc1F. The van der Waals surface area contributed by atoms with Crippen molar-refractivity contribution in [3.05, 3.63) is 35.6 Å². The molecule has 1 aliphatic heterocycles. The van der Waals surface area contributed by atoms with Crippen LogP contribution in [-0.2, 0) is 30.3 Å². The molecular weight excluding hydrogens is 575 g/mol. The van der Waals surface area contributed by atoms with Gasteiger partial charge in [-0.2, -0.15) is 0 Å². The molecule has 1 aliphatic carbocycles. The first-order valence-electron chi connectivity index (χ1n) is 16.8. The van der Waals surface area contributed by atoms with Crippen molar-refractivity contribution < 1.29 is 33.4 Å². The lowest BCUT2D eigenvalue weighted by molar-refractivity contribution is -0.137. The number of rotatable bonds is 13. The second-order valence-electron chi connectivity index (χ2n) is 11.7. The van der Waals surface area contributed by atoms with E-state index < -0.39 is 5.97 Å². The van der Waals surface area contributed by atoms with E-state index in [1.165, 1.54) is 25.3 Å². The normalized spacial score (nSPS) is 19.2. The number of carbonyl (C=O) groups excluding carboxylic acids is 2. The number of halogens is 1. The quantitative estimate of drug-likeness (QED) is 0.223. The van der Waals surface area contributed by atoms with Crippen molar-refractivity contribution in [2.75, 3.05) is 34.9 Å². The summed E-state index contributed by atoms with van der Waals surface area (Å²) in [5.74, 6) is -0.176. The molecular formula is C36H65FN2O6. The first-order valence-corrected chi connectivity index (χ1v) is 16.8. The van der Waals surface area contributed by atoms with Crippen molar-refractivity contribution >= 4 is 18.2 Å². The molecule has 1 amide bonds. The molecule has 2 fully saturated rings. The Morgan fingerprint density at radius 2 is 1.69 bits per heavy atom. The van der Waals surface area contributed by atoms with Gasteiger partial charge < -0.3 is 29.6 Å². The number of aldehydes is 1. The molecule has 45 heavy (non-hydrogen) atoms. The van der Waals surface area contributed by atoms with Crippen molar-refractivity contribution in [1.82, 2.24) is 10.2 Å². The highest BCUT2D eigenvalue weighted by Gasteiger charge is 2.53. The zero-order chi connectivity index (χ0) is 35.2. The smallest absolute Gasteiger partial charge is 0.303 e. The number of aryl methyl sites for hydroxylation is 1. The van der Waals surface area contributed by atoms with Crippen LogP contribution in [0.3, 0.4) is 0 Å². The summed E-state index contributed by atoms with van der Waals surface area (Å²) in [4.78, 5) is 34.6. The number of amides is 1. The lowest BCUT2D eigenvalue weighted by atomic mass is 9.87. The number of carboxylic acids is 1. The summed E-state index contributed by atoms with van der Waals surface area (Å²) in [5.41, 5.74) is 1.01. The minimum Gasteiger partial charge on any atom is -0.481 e. The van der Waals surface area contributed by atoms with Crippen molar-refractivity contribution in [3.8, 4) is 0 Å². The van der Waals surface area contributed by atoms with Crippen LogP contribution in [-0.4, -0.2) is 81.3 Å². The third kappa shape index (κ3) is 16.2. The van der Waals surface area contributed by atoms with Gasteiger partial charge in [-0.1, -0.05) is 80.0 Å². The number of methoxy groups -OCH3 is 2. The fraction of sp³-hybridized carbons (Fsp3) is 0.750. The number of carboxylic acid groups (broad SMARTS) is 1. The largest absolute Gasteiger partial charge is 0.481 e. The Morgan fingerprint density at radius 3 is 2.09 bits per heavy atom. The van der Waals surface area contributed by atoms with Crippen LogP contribution in [0.1, 0.15) is 99.5 Å². The van der Waals surface area contributed by atoms with Crippen LogP contribution in [0.5, 0.6) is 0 Å². The van der Waals surface area contributed by atoms with Gasteiger partial charge in [-0.15, -0.1) is 0 Å². The predicted octanol–water partition coefficient (Wildman–Crippen LogP) is 7.04. The van der Waals surface area contributed by atoms with Crippen LogP contribution in [0.2, 0.25) is 0 Å². The van der Waals surface area contributed by atoms with Gasteiger partial charge in [0.1, 0.15) is 12.1 Å². The van der Waals surface area contributed by atoms with Crippen molar-refractivity contribution in [2.24, 2.45) is 23.2 Å². The number of nitrogens with one attached hydrogen (secondary N) is 1. The number of likely N-dealkylation sites (N-methyl/N-ethyl adjacent to an activating group) is 1. The van der Waals surface area contributed by atoms with E-state index in [9.17, 15) is 18.8 Å². The first kappa shape index (κ1) is 44.8. The summed E-state index contributed by atoms with van der Waals surface area (Å²) in [6, 6.07) is 6.59. The molecule has 1 spiro atoms. The van der Waals surface area contributed by atoms with E-state index in [4.69, 9.17) is 14.6 Å². The number of benzene rings is 1. The highest BCUT2D eigenvalue weighted by atomic mass is 19.1. The number of ether oxygens (including phenoxy) is 2. The van der Waals surface area contributed by atoms with Crippen LogP contribution in [0.15, 0.2) is 24.3 Å². The van der Waals surface area contributed by atoms with Crippen LogP contribution in [0, 0.1) is 29.0 Å². The Bertz CT molecular complexity index is 942. The van der Waals surface area contributed by atoms with Crippen LogP contribution in [0.25, 0.3) is 0 Å². The van der Waals surface area contributed by atoms with Gasteiger partial charge in [0.15, 0.2) is 0 Å².